The average Bonchev–Trinajstić information content (AvgIpc) is 2.13. The fraction of sp³-hybridized carbons (Fsp3) is 0.500. The molecular weight excluding hydrogens is 114 g/mol. The molecule has 1 atom stereocenters. The molecule has 0 aromatic carbocycles. The van der Waals surface area contributed by atoms with Crippen molar-refractivity contribution in [2.24, 2.45) is 12.8 Å². The highest BCUT2D eigenvalue weighted by molar-refractivity contribution is 4.95. The van der Waals surface area contributed by atoms with Gasteiger partial charge in [0.15, 0.2) is 0 Å². The Labute approximate surface area is 54.5 Å². The lowest BCUT2D eigenvalue weighted by Gasteiger charge is -2.02. The summed E-state index contributed by atoms with van der Waals surface area (Å²) in [6, 6.07) is 0.0324. The number of nitrogens with two attached hydrogens (primary N) is 1. The van der Waals surface area contributed by atoms with E-state index < -0.39 is 0 Å². The van der Waals surface area contributed by atoms with Crippen molar-refractivity contribution in [1.82, 2.24) is 9.55 Å². The van der Waals surface area contributed by atoms with Gasteiger partial charge in [0.1, 0.15) is 5.82 Å². The van der Waals surface area contributed by atoms with Gasteiger partial charge in [0.2, 0.25) is 0 Å². The zero-order valence-electron chi connectivity index (χ0n) is 5.70. The smallest absolute Gasteiger partial charge is 0.125 e. The van der Waals surface area contributed by atoms with E-state index in [0.717, 1.165) is 5.82 Å². The number of hydrogen-bond donors (Lipinski definition) is 1. The molecule has 1 unspecified atom stereocenters. The maximum Gasteiger partial charge on any atom is 0.125 e. The van der Waals surface area contributed by atoms with Crippen LogP contribution in [0.1, 0.15) is 18.8 Å². The lowest BCUT2D eigenvalue weighted by Crippen LogP contribution is -2.10. The summed E-state index contributed by atoms with van der Waals surface area (Å²) in [5.41, 5.74) is 5.58. The van der Waals surface area contributed by atoms with Gasteiger partial charge in [0.25, 0.3) is 0 Å². The Kier molecular flexibility index (Phi) is 1.53. The van der Waals surface area contributed by atoms with Gasteiger partial charge >= 0.3 is 0 Å². The summed E-state index contributed by atoms with van der Waals surface area (Å²) < 4.78 is 1.92. The fourth-order valence-electron chi connectivity index (χ4n) is 0.816. The molecule has 0 radical (unpaired) electrons. The minimum atomic E-state index is 0.0324. The number of aryl methyl sites for hydroxylation is 1. The standard InChI is InChI=1S/C6H11N3/c1-5(7)6-8-3-4-9(6)2/h3-5H,7H2,1-2H3. The van der Waals surface area contributed by atoms with Gasteiger partial charge in [-0.3, -0.25) is 0 Å². The molecule has 0 bridgehead atoms. The van der Waals surface area contributed by atoms with Gasteiger partial charge in [-0.1, -0.05) is 0 Å². The third kappa shape index (κ3) is 1.10. The molecule has 0 aliphatic heterocycles. The molecule has 1 heterocycles. The Hall–Kier alpha value is -0.830. The average molecular weight is 125 g/mol. The fourth-order valence-corrected chi connectivity index (χ4v) is 0.816. The molecule has 1 aromatic heterocycles. The summed E-state index contributed by atoms with van der Waals surface area (Å²) in [5.74, 6) is 0.926. The van der Waals surface area contributed by atoms with Gasteiger partial charge in [-0.15, -0.1) is 0 Å². The normalized spacial score (nSPS) is 13.7. The zero-order valence-corrected chi connectivity index (χ0v) is 5.70. The maximum absolute atomic E-state index is 5.58. The van der Waals surface area contributed by atoms with Crippen LogP contribution >= 0.6 is 0 Å². The highest BCUT2D eigenvalue weighted by Gasteiger charge is 2.01. The van der Waals surface area contributed by atoms with Crippen molar-refractivity contribution in [3.8, 4) is 0 Å². The predicted octanol–water partition coefficient (Wildman–Crippen LogP) is 0.440. The van der Waals surface area contributed by atoms with Gasteiger partial charge in [0, 0.05) is 19.4 Å². The molecule has 2 N–H and O–H groups in total. The first-order valence-electron chi connectivity index (χ1n) is 2.94. The first kappa shape index (κ1) is 6.29. The maximum atomic E-state index is 5.58. The van der Waals surface area contributed by atoms with E-state index in [-0.39, 0.29) is 6.04 Å². The molecule has 0 aliphatic rings. The number of imidazole rings is 1. The molecule has 50 valence electrons. The van der Waals surface area contributed by atoms with E-state index in [1.807, 2.05) is 24.7 Å². The molecule has 1 aromatic rings. The second-order valence-electron chi connectivity index (χ2n) is 2.19. The van der Waals surface area contributed by atoms with Crippen molar-refractivity contribution in [2.45, 2.75) is 13.0 Å². The van der Waals surface area contributed by atoms with E-state index >= 15 is 0 Å². The molecule has 3 heteroatoms. The van der Waals surface area contributed by atoms with Gasteiger partial charge in [-0.25, -0.2) is 4.98 Å². The highest BCUT2D eigenvalue weighted by atomic mass is 15.1. The minimum Gasteiger partial charge on any atom is -0.337 e. The highest BCUT2D eigenvalue weighted by Crippen LogP contribution is 2.02. The van der Waals surface area contributed by atoms with Gasteiger partial charge < -0.3 is 10.3 Å². The summed E-state index contributed by atoms with van der Waals surface area (Å²) in [6.45, 7) is 1.92. The summed E-state index contributed by atoms with van der Waals surface area (Å²) in [7, 11) is 1.94. The van der Waals surface area contributed by atoms with Crippen molar-refractivity contribution in [3.63, 3.8) is 0 Å². The number of aromatic nitrogens is 2. The van der Waals surface area contributed by atoms with Gasteiger partial charge in [-0.2, -0.15) is 0 Å². The summed E-state index contributed by atoms with van der Waals surface area (Å²) in [4.78, 5) is 4.05. The zero-order chi connectivity index (χ0) is 6.85. The molecule has 0 fully saturated rings. The monoisotopic (exact) mass is 125 g/mol. The first-order chi connectivity index (χ1) is 4.22. The number of nitrogens with zero attached hydrogens (tertiary/aromatic N) is 2. The van der Waals surface area contributed by atoms with E-state index in [4.69, 9.17) is 5.73 Å². The van der Waals surface area contributed by atoms with Crippen LogP contribution in [0.2, 0.25) is 0 Å². The summed E-state index contributed by atoms with van der Waals surface area (Å²) >= 11 is 0. The number of rotatable bonds is 1. The third-order valence-electron chi connectivity index (χ3n) is 1.27. The third-order valence-corrected chi connectivity index (χ3v) is 1.27. The largest absolute Gasteiger partial charge is 0.337 e. The summed E-state index contributed by atoms with van der Waals surface area (Å²) in [6.07, 6.45) is 3.64. The number of hydrogen-bond acceptors (Lipinski definition) is 2. The molecule has 1 rings (SSSR count). The SMILES string of the molecule is CC(N)c1nccn1C. The molecular formula is C6H11N3. The lowest BCUT2D eigenvalue weighted by atomic mass is 10.3. The quantitative estimate of drug-likeness (QED) is 0.591. The van der Waals surface area contributed by atoms with Crippen molar-refractivity contribution < 1.29 is 0 Å². The van der Waals surface area contributed by atoms with Crippen LogP contribution in [0.5, 0.6) is 0 Å². The van der Waals surface area contributed by atoms with Gasteiger partial charge in [-0.05, 0) is 6.92 Å². The van der Waals surface area contributed by atoms with Crippen LogP contribution in [0.25, 0.3) is 0 Å². The van der Waals surface area contributed by atoms with E-state index in [9.17, 15) is 0 Å². The Morgan fingerprint density at radius 1 is 1.78 bits per heavy atom. The topological polar surface area (TPSA) is 43.8 Å². The molecule has 0 amide bonds. The van der Waals surface area contributed by atoms with Crippen molar-refractivity contribution >= 4 is 0 Å². The van der Waals surface area contributed by atoms with E-state index in [2.05, 4.69) is 4.98 Å². The van der Waals surface area contributed by atoms with Crippen molar-refractivity contribution in [2.75, 3.05) is 0 Å². The Bertz CT molecular complexity index is 190. The van der Waals surface area contributed by atoms with E-state index in [0.29, 0.717) is 0 Å². The molecule has 0 aliphatic carbocycles. The molecule has 0 spiro atoms. The molecule has 0 saturated carbocycles. The minimum absolute atomic E-state index is 0.0324. The molecule has 9 heavy (non-hydrogen) atoms. The van der Waals surface area contributed by atoms with Crippen LogP contribution in [-0.4, -0.2) is 9.55 Å². The van der Waals surface area contributed by atoms with Crippen LogP contribution in [0.15, 0.2) is 12.4 Å². The summed E-state index contributed by atoms with van der Waals surface area (Å²) in [5, 5.41) is 0. The second-order valence-corrected chi connectivity index (χ2v) is 2.19. The van der Waals surface area contributed by atoms with Gasteiger partial charge in [0.05, 0.1) is 6.04 Å². The van der Waals surface area contributed by atoms with Crippen LogP contribution in [0.3, 0.4) is 0 Å². The Morgan fingerprint density at radius 3 is 2.67 bits per heavy atom. The Morgan fingerprint density at radius 2 is 2.44 bits per heavy atom. The van der Waals surface area contributed by atoms with Crippen LogP contribution < -0.4 is 5.73 Å². The van der Waals surface area contributed by atoms with Crippen molar-refractivity contribution in [3.05, 3.63) is 18.2 Å². The second kappa shape index (κ2) is 2.19. The van der Waals surface area contributed by atoms with Crippen molar-refractivity contribution in [1.29, 1.82) is 0 Å². The lowest BCUT2D eigenvalue weighted by molar-refractivity contribution is 0.686. The first-order valence-corrected chi connectivity index (χ1v) is 2.94. The molecule has 0 saturated heterocycles. The molecule has 3 nitrogen and oxygen atoms in total. The van der Waals surface area contributed by atoms with E-state index in [1.165, 1.54) is 0 Å². The van der Waals surface area contributed by atoms with E-state index in [1.54, 1.807) is 6.20 Å². The van der Waals surface area contributed by atoms with Crippen LogP contribution in [0.4, 0.5) is 0 Å². The van der Waals surface area contributed by atoms with Crippen LogP contribution in [-0.2, 0) is 7.05 Å². The Balaban J connectivity index is 2.94. The predicted molar refractivity (Wildman–Crippen MR) is 35.8 cm³/mol. The van der Waals surface area contributed by atoms with Crippen LogP contribution in [0, 0.1) is 0 Å².